The molecule has 0 saturated heterocycles. The van der Waals surface area contributed by atoms with Crippen molar-refractivity contribution in [1.82, 2.24) is 5.32 Å². The molecule has 0 heterocycles. The van der Waals surface area contributed by atoms with Crippen LogP contribution in [0.5, 0.6) is 5.75 Å². The molecule has 0 spiro atoms. The number of rotatable bonds is 6. The first kappa shape index (κ1) is 13.8. The second-order valence-electron chi connectivity index (χ2n) is 3.54. The van der Waals surface area contributed by atoms with Crippen LogP contribution in [-0.2, 0) is 11.3 Å². The number of aliphatic carboxylic acids is 1. The van der Waals surface area contributed by atoms with Gasteiger partial charge in [0.05, 0.1) is 12.1 Å². The van der Waals surface area contributed by atoms with Gasteiger partial charge in [-0.1, -0.05) is 17.7 Å². The van der Waals surface area contributed by atoms with Gasteiger partial charge in [-0.05, 0) is 17.7 Å². The smallest absolute Gasteiger partial charge is 0.321 e. The predicted octanol–water partition coefficient (Wildman–Crippen LogP) is 0.850. The monoisotopic (exact) mass is 258 g/mol. The van der Waals surface area contributed by atoms with Gasteiger partial charge in [-0.25, -0.2) is 0 Å². The van der Waals surface area contributed by atoms with E-state index in [4.69, 9.17) is 27.2 Å². The van der Waals surface area contributed by atoms with Crippen LogP contribution in [0.4, 0.5) is 0 Å². The van der Waals surface area contributed by atoms with Crippen molar-refractivity contribution in [3.8, 4) is 5.75 Å². The number of methoxy groups -OCH3 is 1. The topological polar surface area (TPSA) is 84.6 Å². The van der Waals surface area contributed by atoms with Crippen molar-refractivity contribution in [1.29, 1.82) is 0 Å². The maximum atomic E-state index is 10.5. The Balaban J connectivity index is 2.47. The van der Waals surface area contributed by atoms with E-state index in [1.165, 1.54) is 0 Å². The Bertz CT molecular complexity index is 398. The number of nitrogens with two attached hydrogens (primary N) is 1. The highest BCUT2D eigenvalue weighted by Crippen LogP contribution is 2.24. The number of benzene rings is 1. The molecular weight excluding hydrogens is 244 g/mol. The van der Waals surface area contributed by atoms with Crippen LogP contribution < -0.4 is 15.8 Å². The van der Waals surface area contributed by atoms with E-state index in [0.29, 0.717) is 17.3 Å². The van der Waals surface area contributed by atoms with Crippen LogP contribution in [0.1, 0.15) is 5.56 Å². The third-order valence-electron chi connectivity index (χ3n) is 2.23. The molecule has 1 unspecified atom stereocenters. The SMILES string of the molecule is COc1ccc(CNCC(N)C(=O)O)cc1Cl. The highest BCUT2D eigenvalue weighted by molar-refractivity contribution is 6.32. The minimum Gasteiger partial charge on any atom is -0.495 e. The number of ether oxygens (including phenoxy) is 1. The Morgan fingerprint density at radius 2 is 2.35 bits per heavy atom. The normalized spacial score (nSPS) is 12.2. The van der Waals surface area contributed by atoms with E-state index in [0.717, 1.165) is 5.56 Å². The van der Waals surface area contributed by atoms with E-state index < -0.39 is 12.0 Å². The van der Waals surface area contributed by atoms with Gasteiger partial charge in [-0.3, -0.25) is 4.79 Å². The maximum absolute atomic E-state index is 10.5. The van der Waals surface area contributed by atoms with E-state index >= 15 is 0 Å². The van der Waals surface area contributed by atoms with E-state index in [9.17, 15) is 4.79 Å². The van der Waals surface area contributed by atoms with Gasteiger partial charge < -0.3 is 20.9 Å². The molecule has 1 rings (SSSR count). The molecule has 6 heteroatoms. The fourth-order valence-electron chi connectivity index (χ4n) is 1.28. The van der Waals surface area contributed by atoms with E-state index in [1.807, 2.05) is 6.07 Å². The van der Waals surface area contributed by atoms with Gasteiger partial charge in [0.2, 0.25) is 0 Å². The summed E-state index contributed by atoms with van der Waals surface area (Å²) >= 11 is 5.95. The van der Waals surface area contributed by atoms with Crippen molar-refractivity contribution >= 4 is 17.6 Å². The number of halogens is 1. The summed E-state index contributed by atoms with van der Waals surface area (Å²) in [6.45, 7) is 0.712. The predicted molar refractivity (Wildman–Crippen MR) is 65.3 cm³/mol. The molecule has 1 aromatic rings. The summed E-state index contributed by atoms with van der Waals surface area (Å²) in [6.07, 6.45) is 0. The molecule has 94 valence electrons. The fraction of sp³-hybridized carbons (Fsp3) is 0.364. The molecule has 0 fully saturated rings. The van der Waals surface area contributed by atoms with E-state index in [-0.39, 0.29) is 6.54 Å². The number of carboxylic acid groups (broad SMARTS) is 1. The summed E-state index contributed by atoms with van der Waals surface area (Å²) in [5, 5.41) is 12.1. The summed E-state index contributed by atoms with van der Waals surface area (Å²) in [6, 6.07) is 4.48. The molecule has 1 aromatic carbocycles. The quantitative estimate of drug-likeness (QED) is 0.704. The van der Waals surface area contributed by atoms with Gasteiger partial charge in [0, 0.05) is 13.1 Å². The van der Waals surface area contributed by atoms with Crippen molar-refractivity contribution in [3.63, 3.8) is 0 Å². The fourth-order valence-corrected chi connectivity index (χ4v) is 1.56. The zero-order valence-electron chi connectivity index (χ0n) is 9.44. The molecule has 0 bridgehead atoms. The van der Waals surface area contributed by atoms with E-state index in [1.54, 1.807) is 19.2 Å². The zero-order chi connectivity index (χ0) is 12.8. The number of carboxylic acids is 1. The molecule has 17 heavy (non-hydrogen) atoms. The minimum atomic E-state index is -1.02. The lowest BCUT2D eigenvalue weighted by Gasteiger charge is -2.09. The third kappa shape index (κ3) is 4.22. The molecule has 0 aromatic heterocycles. The average molecular weight is 259 g/mol. The van der Waals surface area contributed by atoms with Gasteiger partial charge >= 0.3 is 5.97 Å². The number of hydrogen-bond donors (Lipinski definition) is 3. The van der Waals surface area contributed by atoms with Crippen molar-refractivity contribution in [2.45, 2.75) is 12.6 Å². The molecule has 0 aliphatic rings. The average Bonchev–Trinajstić information content (AvgIpc) is 2.29. The molecular formula is C11H15ClN2O3. The molecule has 0 aliphatic heterocycles. The van der Waals surface area contributed by atoms with Gasteiger partial charge in [-0.2, -0.15) is 0 Å². The highest BCUT2D eigenvalue weighted by Gasteiger charge is 2.10. The summed E-state index contributed by atoms with van der Waals surface area (Å²) in [7, 11) is 1.55. The number of hydrogen-bond acceptors (Lipinski definition) is 4. The number of nitrogens with one attached hydrogen (secondary N) is 1. The Kier molecular flexibility index (Phi) is 5.21. The van der Waals surface area contributed by atoms with Crippen molar-refractivity contribution in [2.24, 2.45) is 5.73 Å². The Morgan fingerprint density at radius 1 is 1.65 bits per heavy atom. The summed E-state index contributed by atoms with van der Waals surface area (Å²) in [5.41, 5.74) is 6.29. The van der Waals surface area contributed by atoms with Crippen LogP contribution in [0.15, 0.2) is 18.2 Å². The summed E-state index contributed by atoms with van der Waals surface area (Å²) in [4.78, 5) is 10.5. The zero-order valence-corrected chi connectivity index (χ0v) is 10.2. The van der Waals surface area contributed by atoms with Crippen molar-refractivity contribution in [2.75, 3.05) is 13.7 Å². The highest BCUT2D eigenvalue weighted by atomic mass is 35.5. The second-order valence-corrected chi connectivity index (χ2v) is 3.95. The lowest BCUT2D eigenvalue weighted by Crippen LogP contribution is -2.40. The molecule has 0 amide bonds. The largest absolute Gasteiger partial charge is 0.495 e. The molecule has 0 aliphatic carbocycles. The molecule has 0 radical (unpaired) electrons. The van der Waals surface area contributed by atoms with E-state index in [2.05, 4.69) is 5.32 Å². The molecule has 0 saturated carbocycles. The van der Waals surface area contributed by atoms with Crippen LogP contribution in [0.25, 0.3) is 0 Å². The van der Waals surface area contributed by atoms with Gasteiger partial charge in [0.1, 0.15) is 11.8 Å². The van der Waals surface area contributed by atoms with Gasteiger partial charge in [-0.15, -0.1) is 0 Å². The Labute approximate surface area is 105 Å². The van der Waals surface area contributed by atoms with Crippen molar-refractivity contribution in [3.05, 3.63) is 28.8 Å². The first-order chi connectivity index (χ1) is 8.04. The van der Waals surface area contributed by atoms with Crippen LogP contribution in [0.3, 0.4) is 0 Å². The molecule has 1 atom stereocenters. The van der Waals surface area contributed by atoms with Crippen LogP contribution in [0.2, 0.25) is 5.02 Å². The molecule has 5 nitrogen and oxygen atoms in total. The van der Waals surface area contributed by atoms with Crippen LogP contribution in [-0.4, -0.2) is 30.8 Å². The first-order valence-electron chi connectivity index (χ1n) is 5.06. The lowest BCUT2D eigenvalue weighted by atomic mass is 10.2. The van der Waals surface area contributed by atoms with Crippen molar-refractivity contribution < 1.29 is 14.6 Å². The maximum Gasteiger partial charge on any atom is 0.321 e. The van der Waals surface area contributed by atoms with Crippen LogP contribution in [0, 0.1) is 0 Å². The first-order valence-corrected chi connectivity index (χ1v) is 5.44. The summed E-state index contributed by atoms with van der Waals surface area (Å²) < 4.78 is 5.02. The Morgan fingerprint density at radius 3 is 2.88 bits per heavy atom. The van der Waals surface area contributed by atoms with Crippen LogP contribution >= 0.6 is 11.6 Å². The molecule has 4 N–H and O–H groups in total. The summed E-state index contributed by atoms with van der Waals surface area (Å²) in [5.74, 6) is -0.414. The van der Waals surface area contributed by atoms with Gasteiger partial charge in [0.25, 0.3) is 0 Å². The lowest BCUT2D eigenvalue weighted by molar-refractivity contribution is -0.138. The second kappa shape index (κ2) is 6.44. The third-order valence-corrected chi connectivity index (χ3v) is 2.52. The Hall–Kier alpha value is -1.30. The minimum absolute atomic E-state index is 0.207. The standard InChI is InChI=1S/C11H15ClN2O3/c1-17-10-3-2-7(4-8(10)12)5-14-6-9(13)11(15)16/h2-4,9,14H,5-6,13H2,1H3,(H,15,16). The van der Waals surface area contributed by atoms with Gasteiger partial charge in [0.15, 0.2) is 0 Å². The number of carbonyl (C=O) groups is 1.